The monoisotopic (exact) mass is 273 g/mol. The molecular weight excluding hydrogens is 254 g/mol. The van der Waals surface area contributed by atoms with E-state index in [9.17, 15) is 0 Å². The highest BCUT2D eigenvalue weighted by atomic mass is 32.1. The summed E-state index contributed by atoms with van der Waals surface area (Å²) in [6, 6.07) is 10.7. The number of rotatable bonds is 2. The van der Waals surface area contributed by atoms with Gasteiger partial charge in [-0.05, 0) is 38.3 Å². The average Bonchev–Trinajstić information content (AvgIpc) is 2.72. The number of hydrogen-bond acceptors (Lipinski definition) is 4. The van der Waals surface area contributed by atoms with Crippen LogP contribution < -0.4 is 11.1 Å². The van der Waals surface area contributed by atoms with E-state index in [1.54, 1.807) is 11.3 Å². The van der Waals surface area contributed by atoms with E-state index >= 15 is 0 Å². The third-order valence-corrected chi connectivity index (χ3v) is 5.15. The molecule has 100 valence electrons. The van der Waals surface area contributed by atoms with Crippen molar-refractivity contribution in [3.63, 3.8) is 0 Å². The number of aromatic nitrogens is 1. The zero-order chi connectivity index (χ0) is 13.3. The average molecular weight is 273 g/mol. The van der Waals surface area contributed by atoms with Crippen molar-refractivity contribution in [2.24, 2.45) is 0 Å². The smallest absolute Gasteiger partial charge is 0.180 e. The molecule has 1 aromatic heterocycles. The summed E-state index contributed by atoms with van der Waals surface area (Å²) in [5, 5.41) is 4.27. The predicted octanol–water partition coefficient (Wildman–Crippen LogP) is 2.72. The molecule has 1 atom stereocenters. The molecule has 1 aromatic carbocycles. The lowest BCUT2D eigenvalue weighted by molar-refractivity contribution is 0.316. The van der Waals surface area contributed by atoms with E-state index in [0.717, 1.165) is 25.7 Å². The first-order chi connectivity index (χ1) is 9.23. The second kappa shape index (κ2) is 4.94. The van der Waals surface area contributed by atoms with Gasteiger partial charge in [-0.15, -0.1) is 11.3 Å². The molecular formula is C15H19N3S. The minimum absolute atomic E-state index is 0.0659. The summed E-state index contributed by atoms with van der Waals surface area (Å²) in [5.41, 5.74) is 8.46. The first kappa shape index (κ1) is 12.6. The van der Waals surface area contributed by atoms with Crippen molar-refractivity contribution in [3.05, 3.63) is 46.5 Å². The van der Waals surface area contributed by atoms with E-state index < -0.39 is 0 Å². The zero-order valence-corrected chi connectivity index (χ0v) is 12.0. The second-order valence-corrected chi connectivity index (χ2v) is 6.24. The molecule has 3 rings (SSSR count). The largest absolute Gasteiger partial charge is 0.375 e. The number of nitrogen functional groups attached to an aromatic ring is 1. The molecule has 0 saturated heterocycles. The number of fused-ring (bicyclic) bond motifs is 1. The highest BCUT2D eigenvalue weighted by Crippen LogP contribution is 2.37. The van der Waals surface area contributed by atoms with Crippen molar-refractivity contribution in [1.82, 2.24) is 10.3 Å². The third kappa shape index (κ3) is 2.26. The number of nitrogens with two attached hydrogens (primary N) is 1. The summed E-state index contributed by atoms with van der Waals surface area (Å²) in [4.78, 5) is 5.84. The Bertz CT molecular complexity index is 537. The van der Waals surface area contributed by atoms with Crippen LogP contribution in [0, 0.1) is 0 Å². The van der Waals surface area contributed by atoms with Gasteiger partial charge in [-0.1, -0.05) is 30.3 Å². The predicted molar refractivity (Wildman–Crippen MR) is 80.3 cm³/mol. The molecule has 4 heteroatoms. The van der Waals surface area contributed by atoms with Gasteiger partial charge in [0, 0.05) is 10.4 Å². The maximum atomic E-state index is 5.81. The Morgan fingerprint density at radius 3 is 2.68 bits per heavy atom. The fourth-order valence-corrected chi connectivity index (χ4v) is 3.90. The summed E-state index contributed by atoms with van der Waals surface area (Å²) < 4.78 is 0. The van der Waals surface area contributed by atoms with Crippen molar-refractivity contribution in [1.29, 1.82) is 0 Å². The van der Waals surface area contributed by atoms with E-state index in [4.69, 9.17) is 5.73 Å². The van der Waals surface area contributed by atoms with Crippen molar-refractivity contribution in [2.75, 3.05) is 12.8 Å². The molecule has 1 heterocycles. The van der Waals surface area contributed by atoms with Crippen LogP contribution in [-0.2, 0) is 18.4 Å². The number of anilines is 1. The third-order valence-electron chi connectivity index (χ3n) is 4.17. The van der Waals surface area contributed by atoms with Crippen LogP contribution in [0.3, 0.4) is 0 Å². The van der Waals surface area contributed by atoms with E-state index in [-0.39, 0.29) is 5.54 Å². The summed E-state index contributed by atoms with van der Waals surface area (Å²) in [5.74, 6) is 0. The molecule has 2 aromatic rings. The topological polar surface area (TPSA) is 50.9 Å². The molecule has 3 nitrogen and oxygen atoms in total. The van der Waals surface area contributed by atoms with Gasteiger partial charge in [-0.2, -0.15) is 0 Å². The maximum absolute atomic E-state index is 5.81. The van der Waals surface area contributed by atoms with Crippen LogP contribution in [0.2, 0.25) is 0 Å². The summed E-state index contributed by atoms with van der Waals surface area (Å²) in [6.07, 6.45) is 4.23. The molecule has 1 aliphatic rings. The van der Waals surface area contributed by atoms with Crippen molar-refractivity contribution >= 4 is 16.5 Å². The fourth-order valence-electron chi connectivity index (χ4n) is 3.02. The van der Waals surface area contributed by atoms with Crippen LogP contribution in [-0.4, -0.2) is 12.0 Å². The lowest BCUT2D eigenvalue weighted by atomic mass is 9.83. The van der Waals surface area contributed by atoms with E-state index in [2.05, 4.69) is 47.7 Å². The lowest BCUT2D eigenvalue weighted by Crippen LogP contribution is -2.40. The van der Waals surface area contributed by atoms with Crippen molar-refractivity contribution in [3.8, 4) is 0 Å². The first-order valence-electron chi connectivity index (χ1n) is 6.72. The van der Waals surface area contributed by atoms with Gasteiger partial charge < -0.3 is 11.1 Å². The number of nitrogens with zero attached hydrogens (tertiary/aromatic N) is 1. The Labute approximate surface area is 117 Å². The molecule has 0 saturated carbocycles. The number of thiazole rings is 1. The first-order valence-corrected chi connectivity index (χ1v) is 7.54. The van der Waals surface area contributed by atoms with Crippen molar-refractivity contribution in [2.45, 2.75) is 31.2 Å². The SMILES string of the molecule is CNC1(c2ccccc2)CCc2nc(N)sc2CC1. The normalized spacial score (nSPS) is 22.8. The summed E-state index contributed by atoms with van der Waals surface area (Å²) in [6.45, 7) is 0. The number of aryl methyl sites for hydroxylation is 2. The number of hydrogen-bond donors (Lipinski definition) is 2. The summed E-state index contributed by atoms with van der Waals surface area (Å²) in [7, 11) is 2.06. The van der Waals surface area contributed by atoms with Crippen LogP contribution >= 0.6 is 11.3 Å². The molecule has 0 spiro atoms. The van der Waals surface area contributed by atoms with Crippen LogP contribution in [0.1, 0.15) is 29.0 Å². The molecule has 0 bridgehead atoms. The summed E-state index contributed by atoms with van der Waals surface area (Å²) >= 11 is 1.65. The van der Waals surface area contributed by atoms with Crippen LogP contribution in [0.5, 0.6) is 0 Å². The molecule has 0 aliphatic heterocycles. The van der Waals surface area contributed by atoms with Gasteiger partial charge in [0.05, 0.1) is 5.69 Å². The molecule has 1 aliphatic carbocycles. The standard InChI is InChI=1S/C15H19N3S/c1-17-15(11-5-3-2-4-6-11)9-7-12-13(8-10-15)19-14(16)18-12/h2-6,17H,7-10H2,1H3,(H2,16,18). The van der Waals surface area contributed by atoms with E-state index in [0.29, 0.717) is 5.13 Å². The highest BCUT2D eigenvalue weighted by molar-refractivity contribution is 7.15. The van der Waals surface area contributed by atoms with Crippen molar-refractivity contribution < 1.29 is 0 Å². The lowest BCUT2D eigenvalue weighted by Gasteiger charge is -2.33. The molecule has 3 N–H and O–H groups in total. The van der Waals surface area contributed by atoms with Crippen LogP contribution in [0.25, 0.3) is 0 Å². The minimum Gasteiger partial charge on any atom is -0.375 e. The fraction of sp³-hybridized carbons (Fsp3) is 0.400. The van der Waals surface area contributed by atoms with Gasteiger partial charge in [0.1, 0.15) is 0 Å². The van der Waals surface area contributed by atoms with E-state index in [1.165, 1.54) is 16.1 Å². The van der Waals surface area contributed by atoms with Crippen LogP contribution in [0.4, 0.5) is 5.13 Å². The van der Waals surface area contributed by atoms with Gasteiger partial charge in [0.2, 0.25) is 0 Å². The second-order valence-electron chi connectivity index (χ2n) is 5.12. The Morgan fingerprint density at radius 2 is 1.95 bits per heavy atom. The zero-order valence-electron chi connectivity index (χ0n) is 11.1. The Balaban J connectivity index is 1.92. The minimum atomic E-state index is 0.0659. The van der Waals surface area contributed by atoms with Gasteiger partial charge >= 0.3 is 0 Å². The molecule has 0 fully saturated rings. The molecule has 19 heavy (non-hydrogen) atoms. The Morgan fingerprint density at radius 1 is 1.21 bits per heavy atom. The Kier molecular flexibility index (Phi) is 3.29. The van der Waals surface area contributed by atoms with Crippen LogP contribution in [0.15, 0.2) is 30.3 Å². The molecule has 1 unspecified atom stereocenters. The quantitative estimate of drug-likeness (QED) is 0.827. The molecule has 0 amide bonds. The highest BCUT2D eigenvalue weighted by Gasteiger charge is 2.33. The van der Waals surface area contributed by atoms with Gasteiger partial charge in [-0.3, -0.25) is 0 Å². The molecule has 0 radical (unpaired) electrons. The number of nitrogens with one attached hydrogen (secondary N) is 1. The van der Waals surface area contributed by atoms with Gasteiger partial charge in [-0.25, -0.2) is 4.98 Å². The van der Waals surface area contributed by atoms with E-state index in [1.807, 2.05) is 0 Å². The Hall–Kier alpha value is -1.39. The number of benzene rings is 1. The maximum Gasteiger partial charge on any atom is 0.180 e. The van der Waals surface area contributed by atoms with Gasteiger partial charge in [0.25, 0.3) is 0 Å². The van der Waals surface area contributed by atoms with Gasteiger partial charge in [0.15, 0.2) is 5.13 Å².